The highest BCUT2D eigenvalue weighted by Gasteiger charge is 1.97. The lowest BCUT2D eigenvalue weighted by atomic mass is 10.1. The van der Waals surface area contributed by atoms with Gasteiger partial charge in [0.15, 0.2) is 0 Å². The van der Waals surface area contributed by atoms with E-state index in [0.29, 0.717) is 0 Å². The van der Waals surface area contributed by atoms with E-state index in [4.69, 9.17) is 0 Å². The zero-order chi connectivity index (χ0) is 12.9. The van der Waals surface area contributed by atoms with Crippen molar-refractivity contribution in [3.63, 3.8) is 0 Å². The molecule has 1 N–H and O–H groups in total. The van der Waals surface area contributed by atoms with Gasteiger partial charge in [0.2, 0.25) is 0 Å². The highest BCUT2D eigenvalue weighted by atomic mass is 14.9. The second kappa shape index (κ2) is 5.40. The van der Waals surface area contributed by atoms with Crippen LogP contribution in [-0.4, -0.2) is 0 Å². The summed E-state index contributed by atoms with van der Waals surface area (Å²) in [5.74, 6) is 0. The quantitative estimate of drug-likeness (QED) is 0.691. The van der Waals surface area contributed by atoms with E-state index >= 15 is 0 Å². The minimum Gasteiger partial charge on any atom is -0.356 e. The maximum absolute atomic E-state index is 3.36. The number of benzene rings is 3. The van der Waals surface area contributed by atoms with Crippen LogP contribution in [0, 0.1) is 6.07 Å². The van der Waals surface area contributed by atoms with E-state index in [9.17, 15) is 0 Å². The van der Waals surface area contributed by atoms with Gasteiger partial charge in [0.25, 0.3) is 0 Å². The highest BCUT2D eigenvalue weighted by molar-refractivity contribution is 5.68. The SMILES string of the molecule is [c]1ccc(Nc2ccc(-c3ccccc3)cc2)cc1. The predicted octanol–water partition coefficient (Wildman–Crippen LogP) is 4.90. The second-order valence-corrected chi connectivity index (χ2v) is 4.36. The summed E-state index contributed by atoms with van der Waals surface area (Å²) in [5.41, 5.74) is 4.63. The van der Waals surface area contributed by atoms with Gasteiger partial charge in [-0.25, -0.2) is 0 Å². The summed E-state index contributed by atoms with van der Waals surface area (Å²) >= 11 is 0. The number of nitrogens with one attached hydrogen (secondary N) is 1. The maximum Gasteiger partial charge on any atom is 0.0384 e. The Kier molecular flexibility index (Phi) is 3.28. The molecule has 3 rings (SSSR count). The van der Waals surface area contributed by atoms with E-state index in [1.54, 1.807) is 0 Å². The molecule has 91 valence electrons. The fourth-order valence-electron chi connectivity index (χ4n) is 2.01. The Morgan fingerprint density at radius 3 is 1.84 bits per heavy atom. The molecule has 0 spiro atoms. The molecule has 0 aliphatic heterocycles. The molecule has 1 nitrogen and oxygen atoms in total. The molecule has 0 heterocycles. The van der Waals surface area contributed by atoms with Crippen LogP contribution in [0.3, 0.4) is 0 Å². The van der Waals surface area contributed by atoms with Crippen LogP contribution in [0.4, 0.5) is 11.4 Å². The molecule has 3 aromatic rings. The van der Waals surface area contributed by atoms with Gasteiger partial charge in [-0.15, -0.1) is 0 Å². The lowest BCUT2D eigenvalue weighted by molar-refractivity contribution is 1.54. The molecule has 3 aromatic carbocycles. The summed E-state index contributed by atoms with van der Waals surface area (Å²) < 4.78 is 0. The van der Waals surface area contributed by atoms with Gasteiger partial charge in [0.1, 0.15) is 0 Å². The zero-order valence-electron chi connectivity index (χ0n) is 10.5. The van der Waals surface area contributed by atoms with Crippen molar-refractivity contribution in [2.45, 2.75) is 0 Å². The molecule has 1 radical (unpaired) electrons. The Hall–Kier alpha value is -2.54. The first-order valence-electron chi connectivity index (χ1n) is 6.30. The zero-order valence-corrected chi connectivity index (χ0v) is 10.5. The summed E-state index contributed by atoms with van der Waals surface area (Å²) in [6.45, 7) is 0. The molecule has 0 fully saturated rings. The number of hydrogen-bond donors (Lipinski definition) is 1. The van der Waals surface area contributed by atoms with Crippen molar-refractivity contribution in [3.05, 3.63) is 84.9 Å². The Bertz CT molecular complexity index is 628. The van der Waals surface area contributed by atoms with Gasteiger partial charge in [0, 0.05) is 11.4 Å². The third-order valence-corrected chi connectivity index (χ3v) is 3.00. The molecule has 0 saturated heterocycles. The van der Waals surface area contributed by atoms with Crippen LogP contribution in [0.1, 0.15) is 0 Å². The van der Waals surface area contributed by atoms with E-state index in [1.807, 2.05) is 30.3 Å². The molecule has 0 unspecified atom stereocenters. The molecule has 0 saturated carbocycles. The Morgan fingerprint density at radius 2 is 1.16 bits per heavy atom. The van der Waals surface area contributed by atoms with Crippen LogP contribution in [0.2, 0.25) is 0 Å². The average molecular weight is 244 g/mol. The van der Waals surface area contributed by atoms with Gasteiger partial charge in [-0.1, -0.05) is 54.6 Å². The molecule has 0 atom stereocenters. The Morgan fingerprint density at radius 1 is 0.579 bits per heavy atom. The minimum absolute atomic E-state index is 1.08. The molecule has 0 aliphatic carbocycles. The third-order valence-electron chi connectivity index (χ3n) is 3.00. The van der Waals surface area contributed by atoms with Crippen LogP contribution in [0.5, 0.6) is 0 Å². The van der Waals surface area contributed by atoms with Gasteiger partial charge >= 0.3 is 0 Å². The number of rotatable bonds is 3. The largest absolute Gasteiger partial charge is 0.356 e. The van der Waals surface area contributed by atoms with Gasteiger partial charge in [-0.05, 0) is 41.5 Å². The topological polar surface area (TPSA) is 12.0 Å². The van der Waals surface area contributed by atoms with Crippen molar-refractivity contribution in [1.29, 1.82) is 0 Å². The van der Waals surface area contributed by atoms with Crippen molar-refractivity contribution in [2.75, 3.05) is 5.32 Å². The van der Waals surface area contributed by atoms with Crippen molar-refractivity contribution < 1.29 is 0 Å². The average Bonchev–Trinajstić information content (AvgIpc) is 2.50. The van der Waals surface area contributed by atoms with Crippen molar-refractivity contribution in [1.82, 2.24) is 0 Å². The van der Waals surface area contributed by atoms with E-state index < -0.39 is 0 Å². The summed E-state index contributed by atoms with van der Waals surface area (Å²) in [7, 11) is 0. The Balaban J connectivity index is 1.80. The first kappa shape index (κ1) is 11.5. The highest BCUT2D eigenvalue weighted by Crippen LogP contribution is 2.22. The molecule has 19 heavy (non-hydrogen) atoms. The maximum atomic E-state index is 3.36. The first-order chi connectivity index (χ1) is 9.42. The van der Waals surface area contributed by atoms with E-state index in [1.165, 1.54) is 11.1 Å². The lowest BCUT2D eigenvalue weighted by Crippen LogP contribution is -1.89. The van der Waals surface area contributed by atoms with Gasteiger partial charge in [0.05, 0.1) is 0 Å². The van der Waals surface area contributed by atoms with Gasteiger partial charge in [-0.2, -0.15) is 0 Å². The van der Waals surface area contributed by atoms with Crippen LogP contribution in [0.15, 0.2) is 78.9 Å². The van der Waals surface area contributed by atoms with Crippen molar-refractivity contribution >= 4 is 11.4 Å². The van der Waals surface area contributed by atoms with Crippen LogP contribution >= 0.6 is 0 Å². The lowest BCUT2D eigenvalue weighted by Gasteiger charge is -2.07. The number of anilines is 2. The second-order valence-electron chi connectivity index (χ2n) is 4.36. The van der Waals surface area contributed by atoms with E-state index in [2.05, 4.69) is 59.9 Å². The molecule has 0 aromatic heterocycles. The standard InChI is InChI=1S/C18H14N/c1-3-7-15(8-4-1)16-11-13-18(14-12-16)19-17-9-5-2-6-10-17/h1,3-14,19H. The van der Waals surface area contributed by atoms with Gasteiger partial charge < -0.3 is 5.32 Å². The van der Waals surface area contributed by atoms with Crippen molar-refractivity contribution in [3.8, 4) is 11.1 Å². The first-order valence-corrected chi connectivity index (χ1v) is 6.30. The van der Waals surface area contributed by atoms with Gasteiger partial charge in [-0.3, -0.25) is 0 Å². The fourth-order valence-corrected chi connectivity index (χ4v) is 2.01. The minimum atomic E-state index is 1.08. The van der Waals surface area contributed by atoms with E-state index in [-0.39, 0.29) is 0 Å². The van der Waals surface area contributed by atoms with E-state index in [0.717, 1.165) is 11.4 Å². The normalized spacial score (nSPS) is 10.1. The predicted molar refractivity (Wildman–Crippen MR) is 80.4 cm³/mol. The summed E-state index contributed by atoms with van der Waals surface area (Å²) in [6.07, 6.45) is 0. The van der Waals surface area contributed by atoms with Crippen LogP contribution in [0.25, 0.3) is 11.1 Å². The molecular weight excluding hydrogens is 230 g/mol. The Labute approximate surface area is 113 Å². The third kappa shape index (κ3) is 2.83. The summed E-state index contributed by atoms with van der Waals surface area (Å²) in [5, 5.41) is 3.36. The summed E-state index contributed by atoms with van der Waals surface area (Å²) in [6, 6.07) is 29.7. The molecule has 0 bridgehead atoms. The smallest absolute Gasteiger partial charge is 0.0384 e. The molecule has 0 amide bonds. The monoisotopic (exact) mass is 244 g/mol. The van der Waals surface area contributed by atoms with Crippen molar-refractivity contribution in [2.24, 2.45) is 0 Å². The van der Waals surface area contributed by atoms with Crippen LogP contribution < -0.4 is 5.32 Å². The van der Waals surface area contributed by atoms with Crippen LogP contribution in [-0.2, 0) is 0 Å². The molecule has 1 heteroatoms. The fraction of sp³-hybridized carbons (Fsp3) is 0. The number of hydrogen-bond acceptors (Lipinski definition) is 1. The summed E-state index contributed by atoms with van der Waals surface area (Å²) in [4.78, 5) is 0. The molecular formula is C18H14N. The molecule has 0 aliphatic rings.